The average Bonchev–Trinajstić information content (AvgIpc) is 3.16. The van der Waals surface area contributed by atoms with Crippen molar-refractivity contribution in [2.75, 3.05) is 0 Å². The summed E-state index contributed by atoms with van der Waals surface area (Å²) in [5.74, 6) is 0. The summed E-state index contributed by atoms with van der Waals surface area (Å²) in [6.45, 7) is 0. The van der Waals surface area contributed by atoms with Crippen LogP contribution in [0.1, 0.15) is 54.6 Å². The molecule has 21 heavy (non-hydrogen) atoms. The molecule has 4 rings (SSSR count). The number of aryl methyl sites for hydroxylation is 1. The molecule has 1 fully saturated rings. The van der Waals surface area contributed by atoms with Gasteiger partial charge in [0.25, 0.3) is 0 Å². The van der Waals surface area contributed by atoms with Gasteiger partial charge in [-0.25, -0.2) is 4.98 Å². The molecule has 112 valence electrons. The number of halogens is 1. The van der Waals surface area contributed by atoms with Crippen LogP contribution in [0.3, 0.4) is 0 Å². The van der Waals surface area contributed by atoms with Crippen LogP contribution >= 0.6 is 33.9 Å². The lowest BCUT2D eigenvalue weighted by atomic mass is 9.93. The summed E-state index contributed by atoms with van der Waals surface area (Å²) in [5.41, 5.74) is 1.58. The quantitative estimate of drug-likeness (QED) is 0.761. The van der Waals surface area contributed by atoms with Crippen LogP contribution in [0.5, 0.6) is 0 Å². The Hall–Kier alpha value is -0.400. The number of imidazole rings is 1. The Bertz CT molecular complexity index is 607. The standard InChI is InChI=1S/C16H20IN3S/c17-16-9-11-12(3-2-6-15(11)21-16)19-13-4-1-5-14(13)20-8-7-18-10-20/h7-10,12-14,19H,1-6H2. The molecule has 2 aromatic heterocycles. The number of hydrogen-bond acceptors (Lipinski definition) is 3. The Labute approximate surface area is 143 Å². The van der Waals surface area contributed by atoms with Gasteiger partial charge < -0.3 is 9.88 Å². The van der Waals surface area contributed by atoms with Crippen molar-refractivity contribution in [2.24, 2.45) is 0 Å². The Morgan fingerprint density at radius 3 is 3.10 bits per heavy atom. The van der Waals surface area contributed by atoms with Gasteiger partial charge in [-0.1, -0.05) is 0 Å². The van der Waals surface area contributed by atoms with Crippen LogP contribution in [0, 0.1) is 2.88 Å². The Kier molecular flexibility index (Phi) is 4.06. The molecule has 2 aliphatic carbocycles. The molecule has 2 heterocycles. The van der Waals surface area contributed by atoms with Crippen LogP contribution in [0.25, 0.3) is 0 Å². The van der Waals surface area contributed by atoms with E-state index in [1.807, 2.05) is 23.9 Å². The van der Waals surface area contributed by atoms with E-state index in [1.54, 1.807) is 10.4 Å². The van der Waals surface area contributed by atoms with Crippen LogP contribution in [-0.2, 0) is 6.42 Å². The third-order valence-corrected chi connectivity index (χ3v) is 6.86. The zero-order chi connectivity index (χ0) is 14.2. The molecule has 2 aliphatic rings. The Balaban J connectivity index is 1.53. The summed E-state index contributed by atoms with van der Waals surface area (Å²) in [6.07, 6.45) is 13.8. The van der Waals surface area contributed by atoms with E-state index in [-0.39, 0.29) is 0 Å². The highest BCUT2D eigenvalue weighted by Gasteiger charge is 2.32. The molecule has 0 saturated heterocycles. The molecular weight excluding hydrogens is 393 g/mol. The number of thiophene rings is 1. The van der Waals surface area contributed by atoms with Gasteiger partial charge in [0, 0.05) is 35.4 Å². The molecule has 0 aromatic carbocycles. The van der Waals surface area contributed by atoms with Crippen molar-refractivity contribution in [1.82, 2.24) is 14.9 Å². The van der Waals surface area contributed by atoms with Gasteiger partial charge in [0.05, 0.1) is 9.21 Å². The molecule has 0 amide bonds. The van der Waals surface area contributed by atoms with E-state index in [4.69, 9.17) is 0 Å². The second-order valence-electron chi connectivity index (χ2n) is 6.16. The molecule has 5 heteroatoms. The summed E-state index contributed by atoms with van der Waals surface area (Å²) in [4.78, 5) is 5.83. The van der Waals surface area contributed by atoms with Gasteiger partial charge in [0.15, 0.2) is 0 Å². The number of aromatic nitrogens is 2. The molecule has 0 aliphatic heterocycles. The van der Waals surface area contributed by atoms with Crippen LogP contribution in [-0.4, -0.2) is 15.6 Å². The van der Waals surface area contributed by atoms with Crippen molar-refractivity contribution >= 4 is 33.9 Å². The van der Waals surface area contributed by atoms with Crippen molar-refractivity contribution in [1.29, 1.82) is 0 Å². The summed E-state index contributed by atoms with van der Waals surface area (Å²) >= 11 is 4.45. The summed E-state index contributed by atoms with van der Waals surface area (Å²) in [7, 11) is 0. The lowest BCUT2D eigenvalue weighted by molar-refractivity contribution is 0.334. The van der Waals surface area contributed by atoms with E-state index in [0.29, 0.717) is 18.1 Å². The van der Waals surface area contributed by atoms with Crippen molar-refractivity contribution in [3.63, 3.8) is 0 Å². The number of rotatable bonds is 3. The first-order valence-electron chi connectivity index (χ1n) is 7.83. The highest BCUT2D eigenvalue weighted by Crippen LogP contribution is 2.39. The van der Waals surface area contributed by atoms with E-state index in [2.05, 4.69) is 49.7 Å². The fraction of sp³-hybridized carbons (Fsp3) is 0.562. The third kappa shape index (κ3) is 2.80. The molecule has 3 unspecified atom stereocenters. The van der Waals surface area contributed by atoms with Crippen LogP contribution < -0.4 is 5.32 Å². The first kappa shape index (κ1) is 14.2. The first-order valence-corrected chi connectivity index (χ1v) is 9.72. The van der Waals surface area contributed by atoms with Gasteiger partial charge in [-0.3, -0.25) is 0 Å². The average molecular weight is 413 g/mol. The molecule has 0 bridgehead atoms. The lowest BCUT2D eigenvalue weighted by Gasteiger charge is -2.30. The number of nitrogens with zero attached hydrogens (tertiary/aromatic N) is 2. The van der Waals surface area contributed by atoms with Crippen molar-refractivity contribution in [3.05, 3.63) is 38.1 Å². The van der Waals surface area contributed by atoms with E-state index in [0.717, 1.165) is 0 Å². The molecule has 1 saturated carbocycles. The van der Waals surface area contributed by atoms with Gasteiger partial charge in [0.1, 0.15) is 0 Å². The maximum absolute atomic E-state index is 4.22. The van der Waals surface area contributed by atoms with Crippen molar-refractivity contribution in [2.45, 2.75) is 56.7 Å². The van der Waals surface area contributed by atoms with Gasteiger partial charge in [-0.2, -0.15) is 0 Å². The van der Waals surface area contributed by atoms with Gasteiger partial charge >= 0.3 is 0 Å². The Morgan fingerprint density at radius 2 is 2.24 bits per heavy atom. The molecule has 3 nitrogen and oxygen atoms in total. The van der Waals surface area contributed by atoms with Gasteiger partial charge in [-0.15, -0.1) is 11.3 Å². The number of nitrogens with one attached hydrogen (secondary N) is 1. The van der Waals surface area contributed by atoms with E-state index < -0.39 is 0 Å². The van der Waals surface area contributed by atoms with E-state index >= 15 is 0 Å². The molecular formula is C16H20IN3S. The van der Waals surface area contributed by atoms with Crippen molar-refractivity contribution in [3.8, 4) is 0 Å². The van der Waals surface area contributed by atoms with Crippen LogP contribution in [0.2, 0.25) is 0 Å². The van der Waals surface area contributed by atoms with Crippen molar-refractivity contribution < 1.29 is 0 Å². The van der Waals surface area contributed by atoms with Crippen LogP contribution in [0.15, 0.2) is 24.8 Å². The minimum absolute atomic E-state index is 0.558. The van der Waals surface area contributed by atoms with E-state index in [1.165, 1.54) is 41.4 Å². The fourth-order valence-electron chi connectivity index (χ4n) is 3.91. The summed E-state index contributed by atoms with van der Waals surface area (Å²) < 4.78 is 3.73. The summed E-state index contributed by atoms with van der Waals surface area (Å²) in [6, 6.07) is 4.13. The second-order valence-corrected chi connectivity index (χ2v) is 9.19. The normalized spacial score (nSPS) is 28.7. The minimum atomic E-state index is 0.558. The SMILES string of the molecule is Ic1cc2c(s1)CCCC2NC1CCCC1n1ccnc1. The summed E-state index contributed by atoms with van der Waals surface area (Å²) in [5, 5.41) is 3.98. The van der Waals surface area contributed by atoms with Gasteiger partial charge in [-0.05, 0) is 72.7 Å². The molecule has 1 N–H and O–H groups in total. The van der Waals surface area contributed by atoms with Gasteiger partial charge in [0.2, 0.25) is 0 Å². The largest absolute Gasteiger partial charge is 0.333 e. The zero-order valence-corrected chi connectivity index (χ0v) is 14.9. The molecule has 0 spiro atoms. The molecule has 3 atom stereocenters. The fourth-order valence-corrected chi connectivity index (χ4v) is 6.03. The third-order valence-electron chi connectivity index (χ3n) is 4.89. The predicted molar refractivity (Wildman–Crippen MR) is 94.8 cm³/mol. The maximum Gasteiger partial charge on any atom is 0.0949 e. The monoisotopic (exact) mass is 413 g/mol. The molecule has 2 aromatic rings. The Morgan fingerprint density at radius 1 is 1.29 bits per heavy atom. The molecule has 0 radical (unpaired) electrons. The first-order chi connectivity index (χ1) is 10.3. The zero-order valence-electron chi connectivity index (χ0n) is 12.0. The van der Waals surface area contributed by atoms with E-state index in [9.17, 15) is 0 Å². The highest BCUT2D eigenvalue weighted by atomic mass is 127. The van der Waals surface area contributed by atoms with Crippen LogP contribution in [0.4, 0.5) is 0 Å². The highest BCUT2D eigenvalue weighted by molar-refractivity contribution is 14.1. The smallest absolute Gasteiger partial charge is 0.0949 e. The lowest BCUT2D eigenvalue weighted by Crippen LogP contribution is -2.37. The number of fused-ring (bicyclic) bond motifs is 1. The second kappa shape index (κ2) is 6.01. The number of hydrogen-bond donors (Lipinski definition) is 1. The maximum atomic E-state index is 4.22. The minimum Gasteiger partial charge on any atom is -0.333 e. The topological polar surface area (TPSA) is 29.9 Å². The predicted octanol–water partition coefficient (Wildman–Crippen LogP) is 4.31.